The van der Waals surface area contributed by atoms with Gasteiger partial charge in [0.05, 0.1) is 6.20 Å². The number of nitrogens with one attached hydrogen (secondary N) is 2. The minimum Gasteiger partial charge on any atom is -0.444 e. The van der Waals surface area contributed by atoms with Gasteiger partial charge >= 0.3 is 6.18 Å². The molecule has 4 heterocycles. The zero-order valence-corrected chi connectivity index (χ0v) is 23.1. The van der Waals surface area contributed by atoms with E-state index in [1.807, 2.05) is 11.0 Å². The van der Waals surface area contributed by atoms with Crippen LogP contribution >= 0.6 is 0 Å². The fourth-order valence-corrected chi connectivity index (χ4v) is 4.71. The Morgan fingerprint density at radius 2 is 1.95 bits per heavy atom. The van der Waals surface area contributed by atoms with Crippen LogP contribution in [0, 0.1) is 0 Å². The number of oxazole rings is 1. The molecular weight excluding hydrogens is 549 g/mol. The number of aromatic nitrogens is 4. The number of benzene rings is 1. The summed E-state index contributed by atoms with van der Waals surface area (Å²) in [7, 11) is 1.77. The van der Waals surface area contributed by atoms with Gasteiger partial charge in [0.2, 0.25) is 5.89 Å². The Morgan fingerprint density at radius 1 is 1.14 bits per heavy atom. The zero-order valence-electron chi connectivity index (χ0n) is 23.1. The van der Waals surface area contributed by atoms with Crippen LogP contribution in [0.25, 0.3) is 11.5 Å². The Morgan fingerprint density at radius 3 is 2.74 bits per heavy atom. The van der Waals surface area contributed by atoms with E-state index in [0.717, 1.165) is 38.2 Å². The smallest absolute Gasteiger partial charge is 0.405 e. The molecule has 3 aromatic heterocycles. The first kappa shape index (κ1) is 28.7. The third-order valence-corrected chi connectivity index (χ3v) is 6.78. The maximum absolute atomic E-state index is 13.1. The topological polar surface area (TPSA) is 104 Å². The third-order valence-electron chi connectivity index (χ3n) is 6.78. The molecule has 0 aliphatic carbocycles. The molecule has 42 heavy (non-hydrogen) atoms. The largest absolute Gasteiger partial charge is 0.444 e. The van der Waals surface area contributed by atoms with Gasteiger partial charge in [0.1, 0.15) is 30.1 Å². The second-order valence-corrected chi connectivity index (χ2v) is 9.93. The van der Waals surface area contributed by atoms with Gasteiger partial charge in [0, 0.05) is 38.4 Å². The number of alkyl halides is 3. The van der Waals surface area contributed by atoms with E-state index in [4.69, 9.17) is 4.42 Å². The van der Waals surface area contributed by atoms with E-state index in [0.29, 0.717) is 23.6 Å². The number of amides is 1. The molecule has 1 aliphatic rings. The Labute approximate surface area is 240 Å². The predicted octanol–water partition coefficient (Wildman–Crippen LogP) is 5.31. The van der Waals surface area contributed by atoms with E-state index >= 15 is 0 Å². The third kappa shape index (κ3) is 7.09. The van der Waals surface area contributed by atoms with Crippen molar-refractivity contribution in [3.63, 3.8) is 0 Å². The zero-order chi connectivity index (χ0) is 29.7. The van der Waals surface area contributed by atoms with Crippen molar-refractivity contribution in [2.24, 2.45) is 7.05 Å². The number of anilines is 3. The quantitative estimate of drug-likeness (QED) is 0.230. The van der Waals surface area contributed by atoms with Gasteiger partial charge in [-0.05, 0) is 37.0 Å². The molecule has 0 bridgehead atoms. The molecule has 0 radical (unpaired) electrons. The molecular formula is C29H31F3N8O2. The maximum atomic E-state index is 13.1. The van der Waals surface area contributed by atoms with Crippen molar-refractivity contribution in [1.82, 2.24) is 24.6 Å². The number of carbonyl (C=O) groups is 1. The average molecular weight is 581 g/mol. The highest BCUT2D eigenvalue weighted by atomic mass is 19.4. The fourth-order valence-electron chi connectivity index (χ4n) is 4.71. The number of halogens is 3. The summed E-state index contributed by atoms with van der Waals surface area (Å²) in [5.74, 6) is 0.942. The van der Waals surface area contributed by atoms with Gasteiger partial charge in [-0.25, -0.2) is 9.97 Å². The summed E-state index contributed by atoms with van der Waals surface area (Å²) in [5, 5.41) is 9.62. The Bertz CT molecular complexity index is 1530. The summed E-state index contributed by atoms with van der Waals surface area (Å²) in [5.41, 5.74) is 2.19. The molecule has 1 aliphatic heterocycles. The highest BCUT2D eigenvalue weighted by Crippen LogP contribution is 2.31. The molecule has 5 rings (SSSR count). The first-order valence-electron chi connectivity index (χ1n) is 13.5. The molecule has 0 spiro atoms. The molecule has 220 valence electrons. The monoisotopic (exact) mass is 580 g/mol. The van der Waals surface area contributed by atoms with Crippen LogP contribution < -0.4 is 15.5 Å². The van der Waals surface area contributed by atoms with E-state index in [1.54, 1.807) is 17.9 Å². The lowest BCUT2D eigenvalue weighted by molar-refractivity contribution is -0.115. The predicted molar refractivity (Wildman–Crippen MR) is 153 cm³/mol. The number of rotatable bonds is 11. The lowest BCUT2D eigenvalue weighted by Gasteiger charge is -2.23. The number of carbonyl (C=O) groups excluding carboxylic acids is 1. The van der Waals surface area contributed by atoms with Crippen molar-refractivity contribution >= 4 is 23.2 Å². The number of hydrogen-bond donors (Lipinski definition) is 2. The second kappa shape index (κ2) is 12.4. The van der Waals surface area contributed by atoms with Gasteiger partial charge < -0.3 is 24.9 Å². The van der Waals surface area contributed by atoms with Gasteiger partial charge in [0.15, 0.2) is 11.5 Å². The van der Waals surface area contributed by atoms with E-state index < -0.39 is 18.6 Å². The van der Waals surface area contributed by atoms with Crippen LogP contribution in [0.1, 0.15) is 28.9 Å². The van der Waals surface area contributed by atoms with Crippen LogP contribution in [0.3, 0.4) is 0 Å². The van der Waals surface area contributed by atoms with Crippen LogP contribution in [-0.4, -0.2) is 62.9 Å². The van der Waals surface area contributed by atoms with Crippen LogP contribution in [0.4, 0.5) is 30.5 Å². The number of aryl methyl sites for hydroxylation is 2. The van der Waals surface area contributed by atoms with Crippen molar-refractivity contribution < 1.29 is 22.4 Å². The Hall–Kier alpha value is -4.81. The van der Waals surface area contributed by atoms with Crippen molar-refractivity contribution in [2.45, 2.75) is 25.4 Å². The second-order valence-electron chi connectivity index (χ2n) is 9.93. The molecule has 1 saturated heterocycles. The summed E-state index contributed by atoms with van der Waals surface area (Å²) in [4.78, 5) is 25.4. The Kier molecular flexibility index (Phi) is 8.46. The van der Waals surface area contributed by atoms with Crippen LogP contribution in [0.15, 0.2) is 77.9 Å². The highest BCUT2D eigenvalue weighted by molar-refractivity contribution is 6.04. The average Bonchev–Trinajstić information content (AvgIpc) is 3.69. The summed E-state index contributed by atoms with van der Waals surface area (Å²) >= 11 is 0. The van der Waals surface area contributed by atoms with E-state index in [2.05, 4.69) is 61.4 Å². The molecule has 0 atom stereocenters. The number of unbranched alkanes of at least 4 members (excludes halogenated alkanes) is 1. The number of pyridine rings is 1. The fraction of sp³-hybridized carbons (Fsp3) is 0.310. The lowest BCUT2D eigenvalue weighted by Crippen LogP contribution is -2.24. The van der Waals surface area contributed by atoms with Crippen molar-refractivity contribution in [3.05, 3.63) is 84.8 Å². The minimum atomic E-state index is -4.39. The SMILES string of the molecule is C=C1N(CCCCc2ccccc2)CCN1c1nn(C)cc1NC(=O)c1coc(-c2ccnc(NCC(F)(F)F)c2)n1. The molecule has 0 unspecified atom stereocenters. The van der Waals surface area contributed by atoms with Gasteiger partial charge in [-0.15, -0.1) is 0 Å². The van der Waals surface area contributed by atoms with Gasteiger partial charge in [-0.2, -0.15) is 18.3 Å². The molecule has 1 amide bonds. The standard InChI is InChI=1S/C29H31F3N8O2/c1-20-39(13-7-6-10-21-8-4-3-5-9-21)14-15-40(20)26-23(17-38(2)37-26)35-27(41)24-18-42-28(36-24)22-11-12-33-25(16-22)34-19-29(30,31)32/h3-5,8-9,11-12,16-18H,1,6-7,10,13-15,19H2,2H3,(H,33,34)(H,35,41). The molecule has 10 nitrogen and oxygen atoms in total. The van der Waals surface area contributed by atoms with Gasteiger partial charge in [-0.1, -0.05) is 36.9 Å². The van der Waals surface area contributed by atoms with Gasteiger partial charge in [0.25, 0.3) is 5.91 Å². The number of hydrogen-bond acceptors (Lipinski definition) is 8. The first-order valence-corrected chi connectivity index (χ1v) is 13.5. The molecule has 2 N–H and O–H groups in total. The van der Waals surface area contributed by atoms with Crippen molar-refractivity contribution in [1.29, 1.82) is 0 Å². The van der Waals surface area contributed by atoms with Crippen LogP contribution in [0.5, 0.6) is 0 Å². The summed E-state index contributed by atoms with van der Waals surface area (Å²) in [6.45, 7) is 5.40. The number of nitrogens with zero attached hydrogens (tertiary/aromatic N) is 6. The van der Waals surface area contributed by atoms with E-state index in [1.165, 1.54) is 30.2 Å². The molecule has 1 fully saturated rings. The van der Waals surface area contributed by atoms with Crippen molar-refractivity contribution in [2.75, 3.05) is 41.7 Å². The van der Waals surface area contributed by atoms with Gasteiger partial charge in [-0.3, -0.25) is 9.48 Å². The molecule has 4 aromatic rings. The van der Waals surface area contributed by atoms with Crippen molar-refractivity contribution in [3.8, 4) is 11.5 Å². The normalized spacial score (nSPS) is 13.6. The summed E-state index contributed by atoms with van der Waals surface area (Å²) < 4.78 is 44.7. The van der Waals surface area contributed by atoms with Crippen LogP contribution in [-0.2, 0) is 13.5 Å². The summed E-state index contributed by atoms with van der Waals surface area (Å²) in [6.07, 6.45) is 2.96. The Balaban J connectivity index is 1.20. The molecule has 13 heteroatoms. The van der Waals surface area contributed by atoms with E-state index in [-0.39, 0.29) is 17.4 Å². The first-order chi connectivity index (χ1) is 20.2. The lowest BCUT2D eigenvalue weighted by atomic mass is 10.1. The van der Waals surface area contributed by atoms with Crippen LogP contribution in [0.2, 0.25) is 0 Å². The molecule has 0 saturated carbocycles. The minimum absolute atomic E-state index is 0.00158. The maximum Gasteiger partial charge on any atom is 0.405 e. The summed E-state index contributed by atoms with van der Waals surface area (Å²) in [6, 6.07) is 13.3. The highest BCUT2D eigenvalue weighted by Gasteiger charge is 2.29. The molecule has 1 aromatic carbocycles. The van der Waals surface area contributed by atoms with E-state index in [9.17, 15) is 18.0 Å².